The summed E-state index contributed by atoms with van der Waals surface area (Å²) in [6.45, 7) is 1.75. The molecule has 2 heterocycles. The van der Waals surface area contributed by atoms with Crippen LogP contribution in [0.3, 0.4) is 0 Å². The number of carbonyl (C=O) groups is 1. The highest BCUT2D eigenvalue weighted by atomic mass is 35.5. The van der Waals surface area contributed by atoms with E-state index >= 15 is 0 Å². The van der Waals surface area contributed by atoms with Crippen molar-refractivity contribution in [2.45, 2.75) is 13.3 Å². The molecule has 0 saturated heterocycles. The van der Waals surface area contributed by atoms with E-state index in [0.29, 0.717) is 22.5 Å². The Kier molecular flexibility index (Phi) is 4.76. The van der Waals surface area contributed by atoms with Crippen molar-refractivity contribution in [3.8, 4) is 5.75 Å². The molecule has 128 valence electrons. The summed E-state index contributed by atoms with van der Waals surface area (Å²) in [6, 6.07) is 12.3. The summed E-state index contributed by atoms with van der Waals surface area (Å²) in [5.74, 6) is -1.18. The fourth-order valence-corrected chi connectivity index (χ4v) is 2.85. The van der Waals surface area contributed by atoms with E-state index in [-0.39, 0.29) is 17.9 Å². The van der Waals surface area contributed by atoms with E-state index in [1.165, 1.54) is 4.40 Å². The van der Waals surface area contributed by atoms with Crippen molar-refractivity contribution in [1.82, 2.24) is 4.40 Å². The van der Waals surface area contributed by atoms with Gasteiger partial charge >= 0.3 is 5.97 Å². The third-order valence-corrected chi connectivity index (χ3v) is 4.15. The number of aromatic nitrogens is 1. The van der Waals surface area contributed by atoms with Gasteiger partial charge in [0.05, 0.1) is 12.1 Å². The van der Waals surface area contributed by atoms with Crippen LogP contribution >= 0.6 is 11.6 Å². The van der Waals surface area contributed by atoms with E-state index in [1.54, 1.807) is 43.5 Å². The van der Waals surface area contributed by atoms with Crippen LogP contribution in [0.25, 0.3) is 5.52 Å². The number of hydrogen-bond donors (Lipinski definition) is 1. The van der Waals surface area contributed by atoms with Crippen molar-refractivity contribution in [2.75, 3.05) is 6.61 Å². The molecular formula is C19H16ClNO4. The molecule has 5 nitrogen and oxygen atoms in total. The summed E-state index contributed by atoms with van der Waals surface area (Å²) in [7, 11) is 0. The zero-order chi connectivity index (χ0) is 18.0. The van der Waals surface area contributed by atoms with Gasteiger partial charge in [-0.3, -0.25) is 9.20 Å². The number of pyridine rings is 2. The summed E-state index contributed by atoms with van der Waals surface area (Å²) >= 11 is 5.91. The molecule has 0 amide bonds. The number of esters is 1. The SMILES string of the molecule is CCOC(=O)c1c(O)c(Cc2ccc(Cl)cc2)c2ccccn2c1=O. The second-order valence-electron chi connectivity index (χ2n) is 5.49. The molecule has 0 unspecified atom stereocenters. The van der Waals surface area contributed by atoms with E-state index in [1.807, 2.05) is 12.1 Å². The van der Waals surface area contributed by atoms with Crippen LogP contribution in [-0.2, 0) is 11.2 Å². The number of ether oxygens (including phenoxy) is 1. The van der Waals surface area contributed by atoms with Gasteiger partial charge in [0.2, 0.25) is 0 Å². The molecule has 1 aromatic carbocycles. The Morgan fingerprint density at radius 1 is 1.20 bits per heavy atom. The zero-order valence-electron chi connectivity index (χ0n) is 13.5. The van der Waals surface area contributed by atoms with Gasteiger partial charge in [0.25, 0.3) is 5.56 Å². The van der Waals surface area contributed by atoms with Crippen LogP contribution in [0.1, 0.15) is 28.4 Å². The molecule has 0 fully saturated rings. The number of carbonyl (C=O) groups excluding carboxylic acids is 1. The molecule has 0 saturated carbocycles. The maximum absolute atomic E-state index is 12.6. The molecule has 0 spiro atoms. The number of benzene rings is 1. The number of nitrogens with zero attached hydrogens (tertiary/aromatic N) is 1. The van der Waals surface area contributed by atoms with E-state index in [0.717, 1.165) is 5.56 Å². The first-order chi connectivity index (χ1) is 12.0. The lowest BCUT2D eigenvalue weighted by Crippen LogP contribution is -2.25. The van der Waals surface area contributed by atoms with Gasteiger partial charge in [-0.15, -0.1) is 0 Å². The van der Waals surface area contributed by atoms with Crippen molar-refractivity contribution < 1.29 is 14.6 Å². The molecule has 3 aromatic rings. The first kappa shape index (κ1) is 17.0. The quantitative estimate of drug-likeness (QED) is 0.726. The van der Waals surface area contributed by atoms with Crippen LogP contribution in [0.5, 0.6) is 5.75 Å². The summed E-state index contributed by atoms with van der Waals surface area (Å²) in [5.41, 5.74) is 0.943. The lowest BCUT2D eigenvalue weighted by molar-refractivity contribution is 0.0520. The fraction of sp³-hybridized carbons (Fsp3) is 0.158. The monoisotopic (exact) mass is 357 g/mol. The Bertz CT molecular complexity index is 993. The van der Waals surface area contributed by atoms with Crippen molar-refractivity contribution in [3.63, 3.8) is 0 Å². The topological polar surface area (TPSA) is 68.0 Å². The Hall–Kier alpha value is -2.79. The molecule has 0 aliphatic rings. The Morgan fingerprint density at radius 3 is 2.60 bits per heavy atom. The molecule has 0 aliphatic heterocycles. The highest BCUT2D eigenvalue weighted by molar-refractivity contribution is 6.30. The van der Waals surface area contributed by atoms with Crippen LogP contribution in [-0.4, -0.2) is 22.1 Å². The first-order valence-corrected chi connectivity index (χ1v) is 8.17. The van der Waals surface area contributed by atoms with Gasteiger partial charge in [-0.05, 0) is 36.8 Å². The Morgan fingerprint density at radius 2 is 1.92 bits per heavy atom. The maximum Gasteiger partial charge on any atom is 0.347 e. The van der Waals surface area contributed by atoms with Crippen molar-refractivity contribution in [2.24, 2.45) is 0 Å². The minimum atomic E-state index is -0.833. The highest BCUT2D eigenvalue weighted by Gasteiger charge is 2.23. The van der Waals surface area contributed by atoms with Crippen LogP contribution in [0.4, 0.5) is 0 Å². The Balaban J connectivity index is 2.24. The minimum Gasteiger partial charge on any atom is -0.506 e. The first-order valence-electron chi connectivity index (χ1n) is 7.79. The summed E-state index contributed by atoms with van der Waals surface area (Å²) < 4.78 is 6.27. The van der Waals surface area contributed by atoms with E-state index in [2.05, 4.69) is 0 Å². The number of hydrogen-bond acceptors (Lipinski definition) is 4. The molecule has 0 radical (unpaired) electrons. The predicted molar refractivity (Wildman–Crippen MR) is 95.5 cm³/mol. The normalized spacial score (nSPS) is 10.8. The van der Waals surface area contributed by atoms with Crippen LogP contribution in [0, 0.1) is 0 Å². The molecule has 1 N–H and O–H groups in total. The number of aromatic hydroxyl groups is 1. The number of halogens is 1. The van der Waals surface area contributed by atoms with Crippen LogP contribution in [0.2, 0.25) is 5.02 Å². The summed E-state index contributed by atoms with van der Waals surface area (Å²) in [5, 5.41) is 11.2. The molecule has 6 heteroatoms. The highest BCUT2D eigenvalue weighted by Crippen LogP contribution is 2.28. The van der Waals surface area contributed by atoms with Crippen LogP contribution in [0.15, 0.2) is 53.5 Å². The molecule has 0 aliphatic carbocycles. The van der Waals surface area contributed by atoms with Gasteiger partial charge in [-0.25, -0.2) is 4.79 Å². The minimum absolute atomic E-state index is 0.113. The van der Waals surface area contributed by atoms with Gasteiger partial charge < -0.3 is 9.84 Å². The van der Waals surface area contributed by atoms with E-state index in [4.69, 9.17) is 16.3 Å². The molecule has 3 rings (SSSR count). The van der Waals surface area contributed by atoms with Gasteiger partial charge in [0, 0.05) is 23.2 Å². The largest absolute Gasteiger partial charge is 0.506 e. The summed E-state index contributed by atoms with van der Waals surface area (Å²) in [4.78, 5) is 24.8. The van der Waals surface area contributed by atoms with Gasteiger partial charge in [-0.1, -0.05) is 29.8 Å². The van der Waals surface area contributed by atoms with Crippen molar-refractivity contribution >= 4 is 23.1 Å². The smallest absolute Gasteiger partial charge is 0.347 e. The predicted octanol–water partition coefficient (Wildman–Crippen LogP) is 3.43. The fourth-order valence-electron chi connectivity index (χ4n) is 2.73. The second kappa shape index (κ2) is 6.99. The van der Waals surface area contributed by atoms with E-state index in [9.17, 15) is 14.7 Å². The van der Waals surface area contributed by atoms with Crippen LogP contribution < -0.4 is 5.56 Å². The van der Waals surface area contributed by atoms with E-state index < -0.39 is 11.5 Å². The number of fused-ring (bicyclic) bond motifs is 1. The second-order valence-corrected chi connectivity index (χ2v) is 5.92. The Labute approximate surface area is 149 Å². The average molecular weight is 358 g/mol. The standard InChI is InChI=1S/C19H16ClNO4/c1-2-25-19(24)16-17(22)14(11-12-6-8-13(20)9-7-12)15-5-3-4-10-21(15)18(16)23/h3-10,22H,2,11H2,1H3. The van der Waals surface area contributed by atoms with Gasteiger partial charge in [0.15, 0.2) is 5.56 Å². The van der Waals surface area contributed by atoms with Crippen molar-refractivity contribution in [3.05, 3.63) is 80.7 Å². The molecule has 0 bridgehead atoms. The van der Waals surface area contributed by atoms with Gasteiger partial charge in [0.1, 0.15) is 5.75 Å². The molecule has 25 heavy (non-hydrogen) atoms. The lowest BCUT2D eigenvalue weighted by atomic mass is 10.0. The maximum atomic E-state index is 12.6. The van der Waals surface area contributed by atoms with Crippen molar-refractivity contribution in [1.29, 1.82) is 0 Å². The molecule has 0 atom stereocenters. The summed E-state index contributed by atoms with van der Waals surface area (Å²) in [6.07, 6.45) is 1.90. The molecule has 2 aromatic heterocycles. The number of rotatable bonds is 4. The third kappa shape index (κ3) is 3.23. The average Bonchev–Trinajstić information content (AvgIpc) is 2.60. The van der Waals surface area contributed by atoms with Gasteiger partial charge in [-0.2, -0.15) is 0 Å². The molecular weight excluding hydrogens is 342 g/mol. The lowest BCUT2D eigenvalue weighted by Gasteiger charge is -2.13. The third-order valence-electron chi connectivity index (χ3n) is 3.90. The zero-order valence-corrected chi connectivity index (χ0v) is 14.3.